The van der Waals surface area contributed by atoms with Crippen LogP contribution in [0.1, 0.15) is 19.8 Å². The van der Waals surface area contributed by atoms with E-state index in [4.69, 9.17) is 0 Å². The van der Waals surface area contributed by atoms with E-state index in [0.717, 1.165) is 6.42 Å². The first-order valence-electron chi connectivity index (χ1n) is 4.02. The van der Waals surface area contributed by atoms with Crippen molar-refractivity contribution in [2.24, 2.45) is 0 Å². The minimum atomic E-state index is -0.476. The first kappa shape index (κ1) is 8.99. The highest BCUT2D eigenvalue weighted by Crippen LogP contribution is 1.96. The standard InChI is InChI=1S/C7H13N3O2/c1-2-3-6(11)4-10-7(12)8-5-9-10/h5-6,11H,2-4H2,1H3,(H,8,9,12). The van der Waals surface area contributed by atoms with Crippen molar-refractivity contribution in [2.45, 2.75) is 32.4 Å². The summed E-state index contributed by atoms with van der Waals surface area (Å²) in [5.74, 6) is 0. The lowest BCUT2D eigenvalue weighted by Crippen LogP contribution is -2.25. The molecule has 0 aliphatic rings. The Morgan fingerprint density at radius 1 is 1.83 bits per heavy atom. The van der Waals surface area contributed by atoms with Crippen LogP contribution in [0.2, 0.25) is 0 Å². The lowest BCUT2D eigenvalue weighted by Gasteiger charge is -2.06. The van der Waals surface area contributed by atoms with Gasteiger partial charge < -0.3 is 5.11 Å². The Morgan fingerprint density at radius 2 is 2.58 bits per heavy atom. The molecule has 0 saturated carbocycles. The van der Waals surface area contributed by atoms with E-state index in [-0.39, 0.29) is 12.2 Å². The van der Waals surface area contributed by atoms with Gasteiger partial charge in [0.05, 0.1) is 12.6 Å². The Kier molecular flexibility index (Phi) is 3.04. The van der Waals surface area contributed by atoms with Gasteiger partial charge in [-0.15, -0.1) is 0 Å². The number of hydrogen-bond donors (Lipinski definition) is 2. The molecule has 1 unspecified atom stereocenters. The predicted octanol–water partition coefficient (Wildman–Crippen LogP) is -0.268. The third-order valence-electron chi connectivity index (χ3n) is 1.63. The Bertz CT molecular complexity index is 278. The summed E-state index contributed by atoms with van der Waals surface area (Å²) in [5.41, 5.74) is -0.273. The van der Waals surface area contributed by atoms with E-state index in [2.05, 4.69) is 10.1 Å². The first-order valence-corrected chi connectivity index (χ1v) is 4.02. The predicted molar refractivity (Wildman–Crippen MR) is 43.8 cm³/mol. The van der Waals surface area contributed by atoms with Gasteiger partial charge in [-0.3, -0.25) is 4.98 Å². The summed E-state index contributed by atoms with van der Waals surface area (Å²) in [6.45, 7) is 2.26. The van der Waals surface area contributed by atoms with Crippen LogP contribution >= 0.6 is 0 Å². The van der Waals surface area contributed by atoms with Gasteiger partial charge >= 0.3 is 5.69 Å². The maximum Gasteiger partial charge on any atom is 0.343 e. The van der Waals surface area contributed by atoms with Crippen molar-refractivity contribution < 1.29 is 5.11 Å². The van der Waals surface area contributed by atoms with Gasteiger partial charge in [0.25, 0.3) is 0 Å². The van der Waals surface area contributed by atoms with Gasteiger partial charge in [0, 0.05) is 0 Å². The molecule has 12 heavy (non-hydrogen) atoms. The van der Waals surface area contributed by atoms with Gasteiger partial charge in [0.1, 0.15) is 6.33 Å². The maximum absolute atomic E-state index is 10.9. The summed E-state index contributed by atoms with van der Waals surface area (Å²) in [5, 5.41) is 13.1. The van der Waals surface area contributed by atoms with Crippen molar-refractivity contribution in [3.63, 3.8) is 0 Å². The minimum Gasteiger partial charge on any atom is -0.391 e. The van der Waals surface area contributed by atoms with Gasteiger partial charge in [0.2, 0.25) is 0 Å². The lowest BCUT2D eigenvalue weighted by molar-refractivity contribution is 0.137. The highest BCUT2D eigenvalue weighted by molar-refractivity contribution is 4.63. The fourth-order valence-corrected chi connectivity index (χ4v) is 1.03. The molecule has 0 spiro atoms. The van der Waals surface area contributed by atoms with Gasteiger partial charge in [-0.1, -0.05) is 13.3 Å². The highest BCUT2D eigenvalue weighted by Gasteiger charge is 2.05. The van der Waals surface area contributed by atoms with Crippen molar-refractivity contribution in [1.29, 1.82) is 0 Å². The van der Waals surface area contributed by atoms with Crippen molar-refractivity contribution in [1.82, 2.24) is 14.8 Å². The number of rotatable bonds is 4. The third-order valence-corrected chi connectivity index (χ3v) is 1.63. The molecule has 1 rings (SSSR count). The summed E-state index contributed by atoms with van der Waals surface area (Å²) in [4.78, 5) is 13.3. The Labute approximate surface area is 70.0 Å². The molecule has 0 radical (unpaired) electrons. The zero-order valence-corrected chi connectivity index (χ0v) is 7.03. The molecule has 1 aromatic rings. The van der Waals surface area contributed by atoms with Gasteiger partial charge in [0.15, 0.2) is 0 Å². The Balaban J connectivity index is 2.52. The van der Waals surface area contributed by atoms with Crippen molar-refractivity contribution in [2.75, 3.05) is 0 Å². The summed E-state index contributed by atoms with van der Waals surface area (Å²) in [7, 11) is 0. The molecule has 2 N–H and O–H groups in total. The van der Waals surface area contributed by atoms with E-state index in [1.165, 1.54) is 11.0 Å². The molecular weight excluding hydrogens is 158 g/mol. The second-order valence-electron chi connectivity index (χ2n) is 2.72. The van der Waals surface area contributed by atoms with Gasteiger partial charge in [-0.25, -0.2) is 9.48 Å². The molecule has 0 amide bonds. The number of aliphatic hydroxyl groups is 1. The molecule has 5 nitrogen and oxygen atoms in total. The Morgan fingerprint density at radius 3 is 3.08 bits per heavy atom. The van der Waals surface area contributed by atoms with Crippen LogP contribution in [-0.2, 0) is 6.54 Å². The van der Waals surface area contributed by atoms with E-state index >= 15 is 0 Å². The number of H-pyrrole nitrogens is 1. The molecule has 0 fully saturated rings. The maximum atomic E-state index is 10.9. The molecule has 0 saturated heterocycles. The molecule has 0 bridgehead atoms. The third kappa shape index (κ3) is 2.20. The molecule has 1 aromatic heterocycles. The van der Waals surface area contributed by atoms with E-state index in [9.17, 15) is 9.90 Å². The molecule has 5 heteroatoms. The van der Waals surface area contributed by atoms with Crippen LogP contribution in [0, 0.1) is 0 Å². The van der Waals surface area contributed by atoms with Gasteiger partial charge in [-0.05, 0) is 6.42 Å². The normalized spacial score (nSPS) is 13.2. The molecule has 0 aliphatic carbocycles. The lowest BCUT2D eigenvalue weighted by atomic mass is 10.2. The van der Waals surface area contributed by atoms with Crippen molar-refractivity contribution >= 4 is 0 Å². The Hall–Kier alpha value is -1.10. The van der Waals surface area contributed by atoms with Crippen LogP contribution in [0.4, 0.5) is 0 Å². The average molecular weight is 171 g/mol. The zero-order valence-electron chi connectivity index (χ0n) is 7.03. The smallest absolute Gasteiger partial charge is 0.343 e. The fraction of sp³-hybridized carbons (Fsp3) is 0.714. The zero-order chi connectivity index (χ0) is 8.97. The van der Waals surface area contributed by atoms with Gasteiger partial charge in [-0.2, -0.15) is 5.10 Å². The number of hydrogen-bond acceptors (Lipinski definition) is 3. The summed E-state index contributed by atoms with van der Waals surface area (Å²) < 4.78 is 1.22. The molecule has 1 atom stereocenters. The van der Waals surface area contributed by atoms with Crippen LogP contribution in [0.15, 0.2) is 11.1 Å². The monoisotopic (exact) mass is 171 g/mol. The highest BCUT2D eigenvalue weighted by atomic mass is 16.3. The number of nitrogens with zero attached hydrogens (tertiary/aromatic N) is 2. The van der Waals surface area contributed by atoms with E-state index in [1.54, 1.807) is 0 Å². The minimum absolute atomic E-state index is 0.273. The number of aliphatic hydroxyl groups excluding tert-OH is 1. The van der Waals surface area contributed by atoms with Crippen LogP contribution in [0.25, 0.3) is 0 Å². The second kappa shape index (κ2) is 4.06. The van der Waals surface area contributed by atoms with E-state index in [1.807, 2.05) is 6.92 Å². The average Bonchev–Trinajstić information content (AvgIpc) is 2.37. The molecule has 0 aliphatic heterocycles. The molecular formula is C7H13N3O2. The van der Waals surface area contributed by atoms with E-state index in [0.29, 0.717) is 6.42 Å². The number of aromatic nitrogens is 3. The molecule has 68 valence electrons. The summed E-state index contributed by atoms with van der Waals surface area (Å²) in [6, 6.07) is 0. The molecule has 1 heterocycles. The van der Waals surface area contributed by atoms with Crippen LogP contribution in [-0.4, -0.2) is 26.0 Å². The van der Waals surface area contributed by atoms with Crippen LogP contribution in [0.3, 0.4) is 0 Å². The first-order chi connectivity index (χ1) is 5.74. The largest absolute Gasteiger partial charge is 0.391 e. The second-order valence-corrected chi connectivity index (χ2v) is 2.72. The number of aromatic amines is 1. The van der Waals surface area contributed by atoms with Crippen molar-refractivity contribution in [3.8, 4) is 0 Å². The summed E-state index contributed by atoms with van der Waals surface area (Å²) >= 11 is 0. The van der Waals surface area contributed by atoms with Crippen LogP contribution < -0.4 is 5.69 Å². The van der Waals surface area contributed by atoms with E-state index < -0.39 is 6.10 Å². The topological polar surface area (TPSA) is 70.9 Å². The van der Waals surface area contributed by atoms with Crippen LogP contribution in [0.5, 0.6) is 0 Å². The SMILES string of the molecule is CCCC(O)Cn1nc[nH]c1=O. The fourth-order valence-electron chi connectivity index (χ4n) is 1.03. The summed E-state index contributed by atoms with van der Waals surface area (Å²) in [6.07, 6.45) is 2.44. The van der Waals surface area contributed by atoms with Crippen molar-refractivity contribution in [3.05, 3.63) is 16.8 Å². The number of nitrogens with one attached hydrogen (secondary N) is 1. The molecule has 0 aromatic carbocycles. The quantitative estimate of drug-likeness (QED) is 0.655.